The molecular formula is C26H15ClFNO5. The first-order valence-corrected chi connectivity index (χ1v) is 11.0. The third-order valence-corrected chi connectivity index (χ3v) is 7.05. The van der Waals surface area contributed by atoms with Gasteiger partial charge in [0.1, 0.15) is 5.82 Å². The van der Waals surface area contributed by atoms with E-state index < -0.39 is 52.7 Å². The number of ketones is 2. The lowest BCUT2D eigenvalue weighted by Gasteiger charge is -2.27. The molecule has 6 rings (SSSR count). The zero-order chi connectivity index (χ0) is 23.8. The van der Waals surface area contributed by atoms with Crippen LogP contribution in [0.1, 0.15) is 32.4 Å². The number of carbonyl (C=O) groups excluding carboxylic acids is 4. The number of ether oxygens (including phenoxy) is 1. The zero-order valence-electron chi connectivity index (χ0n) is 17.4. The lowest BCUT2D eigenvalue weighted by atomic mass is 9.77. The Balaban J connectivity index is 1.54. The fourth-order valence-corrected chi connectivity index (χ4v) is 5.44. The van der Waals surface area contributed by atoms with E-state index in [4.69, 9.17) is 16.3 Å². The molecule has 6 nitrogen and oxygen atoms in total. The van der Waals surface area contributed by atoms with E-state index in [1.807, 2.05) is 0 Å². The van der Waals surface area contributed by atoms with Crippen molar-refractivity contribution in [1.82, 2.24) is 0 Å². The Morgan fingerprint density at radius 2 is 1.38 bits per heavy atom. The third kappa shape index (κ3) is 2.59. The molecule has 34 heavy (non-hydrogen) atoms. The number of carbonyl (C=O) groups is 4. The first-order chi connectivity index (χ1) is 16.3. The van der Waals surface area contributed by atoms with Crippen molar-refractivity contribution in [3.8, 4) is 0 Å². The van der Waals surface area contributed by atoms with Crippen molar-refractivity contribution in [1.29, 1.82) is 0 Å². The minimum atomic E-state index is -2.17. The maximum atomic E-state index is 13.7. The Bertz CT molecular complexity index is 1370. The van der Waals surface area contributed by atoms with Crippen LogP contribution < -0.4 is 4.90 Å². The molecule has 2 aliphatic heterocycles. The molecule has 1 aliphatic carbocycles. The van der Waals surface area contributed by atoms with Gasteiger partial charge in [0.15, 0.2) is 0 Å². The molecule has 3 aromatic rings. The average Bonchev–Trinajstić information content (AvgIpc) is 3.40. The van der Waals surface area contributed by atoms with Gasteiger partial charge < -0.3 is 4.74 Å². The van der Waals surface area contributed by atoms with Crippen molar-refractivity contribution in [2.45, 2.75) is 11.7 Å². The second-order valence-electron chi connectivity index (χ2n) is 8.52. The highest BCUT2D eigenvalue weighted by Crippen LogP contribution is 2.57. The molecule has 0 N–H and O–H groups in total. The molecule has 2 amide bonds. The van der Waals surface area contributed by atoms with Crippen molar-refractivity contribution < 1.29 is 28.3 Å². The van der Waals surface area contributed by atoms with Gasteiger partial charge in [-0.15, -0.1) is 0 Å². The molecule has 0 saturated carbocycles. The Morgan fingerprint density at radius 1 is 0.794 bits per heavy atom. The van der Waals surface area contributed by atoms with Gasteiger partial charge in [-0.1, -0.05) is 48.0 Å². The van der Waals surface area contributed by atoms with Gasteiger partial charge in [0.05, 0.1) is 23.6 Å². The quantitative estimate of drug-likeness (QED) is 0.410. The maximum absolute atomic E-state index is 13.7. The van der Waals surface area contributed by atoms with Crippen molar-refractivity contribution in [3.63, 3.8) is 0 Å². The molecule has 0 radical (unpaired) electrons. The van der Waals surface area contributed by atoms with Gasteiger partial charge >= 0.3 is 0 Å². The second kappa shape index (κ2) is 7.16. The van der Waals surface area contributed by atoms with Crippen molar-refractivity contribution in [3.05, 3.63) is 100 Å². The van der Waals surface area contributed by atoms with Crippen molar-refractivity contribution in [2.75, 3.05) is 4.90 Å². The van der Waals surface area contributed by atoms with Gasteiger partial charge in [-0.3, -0.25) is 19.2 Å². The molecule has 0 aromatic heterocycles. The topological polar surface area (TPSA) is 80.8 Å². The van der Waals surface area contributed by atoms with E-state index in [-0.39, 0.29) is 16.8 Å². The fourth-order valence-electron chi connectivity index (χ4n) is 5.32. The molecule has 0 unspecified atom stereocenters. The Hall–Kier alpha value is -3.68. The number of fused-ring (bicyclic) bond motifs is 3. The molecule has 8 heteroatoms. The molecule has 2 fully saturated rings. The maximum Gasteiger partial charge on any atom is 0.241 e. The molecule has 1 spiro atoms. The van der Waals surface area contributed by atoms with E-state index in [1.165, 1.54) is 60.7 Å². The number of nitrogens with zero attached hydrogens (tertiary/aromatic N) is 1. The Morgan fingerprint density at radius 3 is 1.97 bits per heavy atom. The number of Topliss-reactive ketones (excluding diaryl/α,β-unsaturated/α-hetero) is 2. The van der Waals surface area contributed by atoms with Gasteiger partial charge in [-0.25, -0.2) is 9.29 Å². The number of amides is 2. The van der Waals surface area contributed by atoms with Gasteiger partial charge in [0, 0.05) is 16.1 Å². The number of rotatable bonds is 2. The SMILES string of the molecule is O=C1[C@@H]2[C@@H](c3ccc(F)cc3)OC3(C(=O)c4ccccc4C3=O)[C@@H]2C(=O)N1c1ccc(Cl)cc1. The fraction of sp³-hybridized carbons (Fsp3) is 0.154. The first-order valence-electron chi connectivity index (χ1n) is 10.6. The van der Waals surface area contributed by atoms with Crippen LogP contribution in [-0.2, 0) is 14.3 Å². The van der Waals surface area contributed by atoms with Crippen LogP contribution in [-0.4, -0.2) is 29.0 Å². The normalized spacial score (nSPS) is 24.8. The predicted octanol–water partition coefficient (Wildman–Crippen LogP) is 4.17. The summed E-state index contributed by atoms with van der Waals surface area (Å²) in [5, 5.41) is 0.420. The molecule has 2 heterocycles. The van der Waals surface area contributed by atoms with Crippen LogP contribution in [0.3, 0.4) is 0 Å². The molecular weight excluding hydrogens is 461 g/mol. The van der Waals surface area contributed by atoms with E-state index in [0.29, 0.717) is 10.6 Å². The summed E-state index contributed by atoms with van der Waals surface area (Å²) in [5.74, 6) is -5.59. The summed E-state index contributed by atoms with van der Waals surface area (Å²) in [6.45, 7) is 0. The summed E-state index contributed by atoms with van der Waals surface area (Å²) >= 11 is 5.96. The van der Waals surface area contributed by atoms with E-state index in [1.54, 1.807) is 12.1 Å². The van der Waals surface area contributed by atoms with Crippen LogP contribution in [0.2, 0.25) is 5.02 Å². The van der Waals surface area contributed by atoms with Gasteiger partial charge in [-0.2, -0.15) is 0 Å². The summed E-state index contributed by atoms with van der Waals surface area (Å²) in [6.07, 6.45) is -1.10. The Labute approximate surface area is 197 Å². The molecule has 0 bridgehead atoms. The monoisotopic (exact) mass is 475 g/mol. The molecule has 2 saturated heterocycles. The predicted molar refractivity (Wildman–Crippen MR) is 119 cm³/mol. The molecule has 168 valence electrons. The number of anilines is 1. The van der Waals surface area contributed by atoms with E-state index in [0.717, 1.165) is 4.90 Å². The summed E-state index contributed by atoms with van der Waals surface area (Å²) in [7, 11) is 0. The van der Waals surface area contributed by atoms with Gasteiger partial charge in [0.25, 0.3) is 0 Å². The first kappa shape index (κ1) is 20.9. The average molecular weight is 476 g/mol. The van der Waals surface area contributed by atoms with E-state index >= 15 is 0 Å². The smallest absolute Gasteiger partial charge is 0.241 e. The Kier molecular flexibility index (Phi) is 4.40. The summed E-state index contributed by atoms with van der Waals surface area (Å²) in [6, 6.07) is 17.6. The number of imide groups is 1. The lowest BCUT2D eigenvalue weighted by molar-refractivity contribution is -0.127. The minimum absolute atomic E-state index is 0.149. The van der Waals surface area contributed by atoms with E-state index in [9.17, 15) is 23.6 Å². The van der Waals surface area contributed by atoms with E-state index in [2.05, 4.69) is 0 Å². The van der Waals surface area contributed by atoms with Crippen LogP contribution in [0.4, 0.5) is 10.1 Å². The lowest BCUT2D eigenvalue weighted by Crippen LogP contribution is -2.51. The van der Waals surface area contributed by atoms with Crippen LogP contribution in [0.15, 0.2) is 72.8 Å². The number of hydrogen-bond acceptors (Lipinski definition) is 5. The largest absolute Gasteiger partial charge is 0.349 e. The second-order valence-corrected chi connectivity index (χ2v) is 8.96. The highest BCUT2D eigenvalue weighted by molar-refractivity contribution is 6.37. The summed E-state index contributed by atoms with van der Waals surface area (Å²) in [4.78, 5) is 55.7. The number of halogens is 2. The summed E-state index contributed by atoms with van der Waals surface area (Å²) < 4.78 is 19.7. The third-order valence-electron chi connectivity index (χ3n) is 6.80. The molecule has 3 aromatic carbocycles. The number of hydrogen-bond donors (Lipinski definition) is 0. The van der Waals surface area contributed by atoms with Crippen LogP contribution >= 0.6 is 11.6 Å². The highest BCUT2D eigenvalue weighted by atomic mass is 35.5. The zero-order valence-corrected chi connectivity index (χ0v) is 18.2. The minimum Gasteiger partial charge on any atom is -0.349 e. The standard InChI is InChI=1S/C26H15ClFNO5/c27-14-7-11-16(12-8-14)29-24(32)19-20(25(29)33)26(34-21(19)13-5-9-15(28)10-6-13)22(30)17-3-1-2-4-18(17)23(26)31/h1-12,19-21H/t19-,20-,21+/m0/s1. The van der Waals surface area contributed by atoms with Crippen LogP contribution in [0.5, 0.6) is 0 Å². The number of benzene rings is 3. The van der Waals surface area contributed by atoms with Crippen LogP contribution in [0, 0.1) is 17.7 Å². The molecule has 3 atom stereocenters. The summed E-state index contributed by atoms with van der Waals surface area (Å²) in [5.41, 5.74) is -1.20. The van der Waals surface area contributed by atoms with Gasteiger partial charge in [0.2, 0.25) is 29.0 Å². The van der Waals surface area contributed by atoms with Crippen molar-refractivity contribution in [2.24, 2.45) is 11.8 Å². The van der Waals surface area contributed by atoms with Gasteiger partial charge in [-0.05, 0) is 42.0 Å². The van der Waals surface area contributed by atoms with Crippen LogP contribution in [0.25, 0.3) is 0 Å². The van der Waals surface area contributed by atoms with Crippen molar-refractivity contribution >= 4 is 40.7 Å². The highest BCUT2D eigenvalue weighted by Gasteiger charge is 2.74. The molecule has 3 aliphatic rings.